The standard InChI is InChI=1S/C6H5B.K.H/c7-6-4-2-1-3-5-6;;/h1-5H;;. The van der Waals surface area contributed by atoms with Gasteiger partial charge in [0, 0.05) is 0 Å². The predicted molar refractivity (Wildman–Crippen MR) is 39.0 cm³/mol. The van der Waals surface area contributed by atoms with E-state index in [4.69, 9.17) is 7.85 Å². The first-order valence-electron chi connectivity index (χ1n) is 2.20. The van der Waals surface area contributed by atoms with Crippen LogP contribution < -0.4 is 5.46 Å². The molecule has 0 aliphatic rings. The second-order valence-electron chi connectivity index (χ2n) is 1.41. The molecule has 0 unspecified atom stereocenters. The number of benzene rings is 1. The Labute approximate surface area is 93.5 Å². The summed E-state index contributed by atoms with van der Waals surface area (Å²) in [6.07, 6.45) is 0. The molecule has 0 heterocycles. The van der Waals surface area contributed by atoms with Crippen LogP contribution in [0.25, 0.3) is 0 Å². The van der Waals surface area contributed by atoms with Gasteiger partial charge in [0.2, 0.25) is 0 Å². The average Bonchev–Trinajstić information content (AvgIpc) is 1.69. The molecule has 0 aliphatic carbocycles. The van der Waals surface area contributed by atoms with Crippen LogP contribution in [0.2, 0.25) is 0 Å². The van der Waals surface area contributed by atoms with E-state index in [0.29, 0.717) is 0 Å². The molecule has 0 aromatic heterocycles. The summed E-state index contributed by atoms with van der Waals surface area (Å²) in [5.74, 6) is 0. The second kappa shape index (κ2) is 4.77. The summed E-state index contributed by atoms with van der Waals surface area (Å²) in [6, 6.07) is 9.49. The molecule has 0 nitrogen and oxygen atoms in total. The molecule has 1 aromatic rings. The molecule has 0 bridgehead atoms. The molecule has 0 aliphatic heterocycles. The number of hydrogen-bond acceptors (Lipinski definition) is 0. The summed E-state index contributed by atoms with van der Waals surface area (Å²) < 4.78 is 0. The van der Waals surface area contributed by atoms with Gasteiger partial charge in [0.05, 0.1) is 0 Å². The fourth-order valence-corrected chi connectivity index (χ4v) is 0.453. The molecule has 0 atom stereocenters. The molecule has 1 aromatic carbocycles. The van der Waals surface area contributed by atoms with Crippen LogP contribution in [0.3, 0.4) is 0 Å². The molecular formula is C6H6BK. The van der Waals surface area contributed by atoms with Crippen molar-refractivity contribution in [2.75, 3.05) is 0 Å². The van der Waals surface area contributed by atoms with Crippen LogP contribution >= 0.6 is 0 Å². The molecule has 34 valence electrons. The van der Waals surface area contributed by atoms with Gasteiger partial charge in [-0.3, -0.25) is 0 Å². The van der Waals surface area contributed by atoms with Gasteiger partial charge in [0.1, 0.15) is 7.85 Å². The SMILES string of the molecule is [B]c1ccccc1.[KH]. The van der Waals surface area contributed by atoms with Crippen LogP contribution in [0.5, 0.6) is 0 Å². The van der Waals surface area contributed by atoms with Crippen molar-refractivity contribution in [3.8, 4) is 0 Å². The molecule has 8 heavy (non-hydrogen) atoms. The van der Waals surface area contributed by atoms with E-state index in [-0.39, 0.29) is 51.4 Å². The van der Waals surface area contributed by atoms with Crippen LogP contribution in [0.15, 0.2) is 30.3 Å². The topological polar surface area (TPSA) is 0 Å². The molecule has 2 heteroatoms. The Hall–Kier alpha value is 0.921. The van der Waals surface area contributed by atoms with Crippen LogP contribution in [-0.4, -0.2) is 59.2 Å². The maximum atomic E-state index is 5.36. The Morgan fingerprint density at radius 1 is 1.00 bits per heavy atom. The molecule has 0 amide bonds. The third-order valence-corrected chi connectivity index (χ3v) is 0.800. The summed E-state index contributed by atoms with van der Waals surface area (Å²) in [4.78, 5) is 0. The van der Waals surface area contributed by atoms with Gasteiger partial charge < -0.3 is 0 Å². The van der Waals surface area contributed by atoms with E-state index in [1.54, 1.807) is 0 Å². The minimum atomic E-state index is 0. The molecule has 2 radical (unpaired) electrons. The van der Waals surface area contributed by atoms with Gasteiger partial charge in [-0.25, -0.2) is 0 Å². The van der Waals surface area contributed by atoms with Crippen molar-refractivity contribution in [1.82, 2.24) is 0 Å². The Bertz CT molecular complexity index is 138. The molecule has 0 saturated carbocycles. The molecular weight excluding hydrogens is 122 g/mol. The van der Waals surface area contributed by atoms with Gasteiger partial charge in [-0.05, 0) is 0 Å². The van der Waals surface area contributed by atoms with E-state index >= 15 is 0 Å². The molecule has 0 spiro atoms. The number of hydrogen-bond donors (Lipinski definition) is 0. The first-order valence-corrected chi connectivity index (χ1v) is 2.20. The maximum absolute atomic E-state index is 5.36. The minimum absolute atomic E-state index is 0. The van der Waals surface area contributed by atoms with Crippen LogP contribution in [-0.2, 0) is 0 Å². The monoisotopic (exact) mass is 128 g/mol. The van der Waals surface area contributed by atoms with Gasteiger partial charge in [-0.2, -0.15) is 0 Å². The van der Waals surface area contributed by atoms with Crippen LogP contribution in [0, 0.1) is 0 Å². The van der Waals surface area contributed by atoms with Gasteiger partial charge >= 0.3 is 51.4 Å². The van der Waals surface area contributed by atoms with Gasteiger partial charge in [-0.15, -0.1) is 0 Å². The van der Waals surface area contributed by atoms with Gasteiger partial charge in [0.25, 0.3) is 0 Å². The average molecular weight is 128 g/mol. The fraction of sp³-hybridized carbons (Fsp3) is 0. The van der Waals surface area contributed by atoms with Gasteiger partial charge in [0.15, 0.2) is 0 Å². The van der Waals surface area contributed by atoms with Crippen molar-refractivity contribution >= 4 is 64.7 Å². The quantitative estimate of drug-likeness (QED) is 0.425. The summed E-state index contributed by atoms with van der Waals surface area (Å²) >= 11 is 0. The predicted octanol–water partition coefficient (Wildman–Crippen LogP) is -0.168. The van der Waals surface area contributed by atoms with Crippen molar-refractivity contribution in [3.05, 3.63) is 30.3 Å². The van der Waals surface area contributed by atoms with Crippen molar-refractivity contribution in [1.29, 1.82) is 0 Å². The van der Waals surface area contributed by atoms with E-state index in [1.807, 2.05) is 30.3 Å². The third-order valence-electron chi connectivity index (χ3n) is 0.800. The normalized spacial score (nSPS) is 7.50. The van der Waals surface area contributed by atoms with Crippen LogP contribution in [0.4, 0.5) is 0 Å². The third kappa shape index (κ3) is 3.05. The molecule has 0 fully saturated rings. The summed E-state index contributed by atoms with van der Waals surface area (Å²) in [6.45, 7) is 0. The Balaban J connectivity index is 0.000000490. The van der Waals surface area contributed by atoms with Gasteiger partial charge in [-0.1, -0.05) is 35.8 Å². The van der Waals surface area contributed by atoms with E-state index in [0.717, 1.165) is 5.46 Å². The molecule has 0 saturated heterocycles. The number of rotatable bonds is 0. The second-order valence-corrected chi connectivity index (χ2v) is 1.41. The summed E-state index contributed by atoms with van der Waals surface area (Å²) in [5.41, 5.74) is 0.822. The first-order chi connectivity index (χ1) is 3.39. The Morgan fingerprint density at radius 3 is 1.75 bits per heavy atom. The van der Waals surface area contributed by atoms with E-state index < -0.39 is 0 Å². The Morgan fingerprint density at radius 2 is 1.50 bits per heavy atom. The summed E-state index contributed by atoms with van der Waals surface area (Å²) in [7, 11) is 5.36. The molecule has 0 N–H and O–H groups in total. The van der Waals surface area contributed by atoms with E-state index in [1.165, 1.54) is 0 Å². The zero-order valence-electron chi connectivity index (χ0n) is 3.96. The van der Waals surface area contributed by atoms with E-state index in [9.17, 15) is 0 Å². The van der Waals surface area contributed by atoms with Crippen molar-refractivity contribution in [3.63, 3.8) is 0 Å². The van der Waals surface area contributed by atoms with Crippen molar-refractivity contribution in [2.24, 2.45) is 0 Å². The van der Waals surface area contributed by atoms with Crippen molar-refractivity contribution < 1.29 is 0 Å². The molecule has 1 rings (SSSR count). The zero-order valence-corrected chi connectivity index (χ0v) is 3.96. The zero-order chi connectivity index (χ0) is 5.11. The summed E-state index contributed by atoms with van der Waals surface area (Å²) in [5, 5.41) is 0. The fourth-order valence-electron chi connectivity index (χ4n) is 0.453. The van der Waals surface area contributed by atoms with Crippen molar-refractivity contribution in [2.45, 2.75) is 0 Å². The Kier molecular flexibility index (Phi) is 5.32. The first kappa shape index (κ1) is 8.92. The van der Waals surface area contributed by atoms with Crippen LogP contribution in [0.1, 0.15) is 0 Å². The van der Waals surface area contributed by atoms with E-state index in [2.05, 4.69) is 0 Å².